The third-order valence-corrected chi connectivity index (χ3v) is 2.92. The molecule has 1 aromatic rings. The van der Waals surface area contributed by atoms with E-state index in [9.17, 15) is 18.8 Å². The smallest absolute Gasteiger partial charge is 0.269 e. The van der Waals surface area contributed by atoms with E-state index in [1.807, 2.05) is 5.32 Å². The molecule has 1 saturated heterocycles. The van der Waals surface area contributed by atoms with Crippen LogP contribution < -0.4 is 5.32 Å². The van der Waals surface area contributed by atoms with Gasteiger partial charge in [0.15, 0.2) is 0 Å². The van der Waals surface area contributed by atoms with E-state index < -0.39 is 29.7 Å². The molecule has 6 heteroatoms. The van der Waals surface area contributed by atoms with Crippen LogP contribution in [0.5, 0.6) is 0 Å². The molecule has 1 aliphatic rings. The number of amides is 4. The highest BCUT2D eigenvalue weighted by molar-refractivity contribution is 6.44. The lowest BCUT2D eigenvalue weighted by atomic mass is 10.0. The lowest BCUT2D eigenvalue weighted by Crippen LogP contribution is -2.33. The first kappa shape index (κ1) is 12.2. The highest BCUT2D eigenvalue weighted by Crippen LogP contribution is 2.24. The summed E-state index contributed by atoms with van der Waals surface area (Å²) in [5, 5.41) is 1.90. The van der Waals surface area contributed by atoms with Gasteiger partial charge in [-0.3, -0.25) is 14.9 Å². The molecule has 1 aliphatic heterocycles. The van der Waals surface area contributed by atoms with Crippen molar-refractivity contribution in [3.63, 3.8) is 0 Å². The molecule has 1 N–H and O–H groups in total. The molecule has 0 radical (unpaired) electrons. The maximum absolute atomic E-state index is 13.4. The Morgan fingerprint density at radius 2 is 1.94 bits per heavy atom. The van der Waals surface area contributed by atoms with Gasteiger partial charge in [0.2, 0.25) is 0 Å². The van der Waals surface area contributed by atoms with E-state index in [2.05, 4.69) is 0 Å². The van der Waals surface area contributed by atoms with Crippen molar-refractivity contribution in [2.24, 2.45) is 0 Å². The number of nitrogens with zero attached hydrogens (tertiary/aromatic N) is 1. The highest BCUT2D eigenvalue weighted by Gasteiger charge is 2.40. The largest absolute Gasteiger partial charge is 0.332 e. The molecule has 5 nitrogen and oxygen atoms in total. The zero-order valence-corrected chi connectivity index (χ0v) is 9.86. The summed E-state index contributed by atoms with van der Waals surface area (Å²) in [4.78, 5) is 34.8. The zero-order valence-electron chi connectivity index (χ0n) is 9.86. The van der Waals surface area contributed by atoms with Crippen molar-refractivity contribution in [2.45, 2.75) is 19.9 Å². The van der Waals surface area contributed by atoms with Crippen LogP contribution in [-0.2, 0) is 9.59 Å². The van der Waals surface area contributed by atoms with Crippen molar-refractivity contribution in [1.29, 1.82) is 0 Å². The second-order valence-electron chi connectivity index (χ2n) is 4.12. The number of halogens is 1. The Bertz CT molecular complexity index is 556. The minimum Gasteiger partial charge on any atom is -0.269 e. The lowest BCUT2D eigenvalue weighted by Gasteiger charge is -2.20. The van der Waals surface area contributed by atoms with Crippen molar-refractivity contribution >= 4 is 17.8 Å². The van der Waals surface area contributed by atoms with Crippen LogP contribution in [0.1, 0.15) is 24.1 Å². The summed E-state index contributed by atoms with van der Waals surface area (Å²) in [5.41, 5.74) is 0.926. The Balaban J connectivity index is 2.34. The minimum atomic E-state index is -0.959. The average molecular weight is 250 g/mol. The molecule has 18 heavy (non-hydrogen) atoms. The Kier molecular flexibility index (Phi) is 2.86. The molecule has 1 heterocycles. The van der Waals surface area contributed by atoms with Gasteiger partial charge < -0.3 is 0 Å². The molecule has 1 aromatic carbocycles. The van der Waals surface area contributed by atoms with Gasteiger partial charge in [0.25, 0.3) is 0 Å². The normalized spacial score (nSPS) is 17.1. The van der Waals surface area contributed by atoms with Gasteiger partial charge in [-0.1, -0.05) is 12.1 Å². The first-order valence-corrected chi connectivity index (χ1v) is 5.36. The zero-order chi connectivity index (χ0) is 13.4. The number of urea groups is 1. The number of carbonyl (C=O) groups excluding carboxylic acids is 3. The standard InChI is InChI=1S/C12H11FN2O3/c1-6-3-4-8(5-9(6)13)7(2)15-11(17)10(16)14-12(15)18/h3-5,7H,1-2H3,(H,14,16,18). The third kappa shape index (κ3) is 1.85. The van der Waals surface area contributed by atoms with Gasteiger partial charge in [0.1, 0.15) is 5.82 Å². The first-order chi connectivity index (χ1) is 8.41. The molecule has 2 rings (SSSR count). The van der Waals surface area contributed by atoms with Crippen LogP contribution in [0.3, 0.4) is 0 Å². The van der Waals surface area contributed by atoms with E-state index >= 15 is 0 Å². The number of imide groups is 2. The quantitative estimate of drug-likeness (QED) is 0.635. The molecule has 0 aromatic heterocycles. The van der Waals surface area contributed by atoms with Gasteiger partial charge in [-0.2, -0.15) is 0 Å². The van der Waals surface area contributed by atoms with E-state index in [0.717, 1.165) is 4.90 Å². The maximum atomic E-state index is 13.4. The van der Waals surface area contributed by atoms with Crippen molar-refractivity contribution < 1.29 is 18.8 Å². The Morgan fingerprint density at radius 3 is 2.44 bits per heavy atom. The van der Waals surface area contributed by atoms with Crippen LogP contribution in [0, 0.1) is 12.7 Å². The predicted octanol–water partition coefficient (Wildman–Crippen LogP) is 1.27. The third-order valence-electron chi connectivity index (χ3n) is 2.92. The Labute approximate surface area is 103 Å². The molecular formula is C12H11FN2O3. The number of nitrogens with one attached hydrogen (secondary N) is 1. The summed E-state index contributed by atoms with van der Waals surface area (Å²) < 4.78 is 13.4. The summed E-state index contributed by atoms with van der Waals surface area (Å²) in [6.07, 6.45) is 0. The lowest BCUT2D eigenvalue weighted by molar-refractivity contribution is -0.141. The van der Waals surface area contributed by atoms with Crippen molar-refractivity contribution in [3.05, 3.63) is 35.1 Å². The van der Waals surface area contributed by atoms with Gasteiger partial charge in [-0.25, -0.2) is 14.1 Å². The van der Waals surface area contributed by atoms with Gasteiger partial charge in [-0.15, -0.1) is 0 Å². The molecular weight excluding hydrogens is 239 g/mol. The van der Waals surface area contributed by atoms with Crippen molar-refractivity contribution in [3.8, 4) is 0 Å². The van der Waals surface area contributed by atoms with E-state index in [1.54, 1.807) is 26.0 Å². The molecule has 0 spiro atoms. The van der Waals surface area contributed by atoms with E-state index in [4.69, 9.17) is 0 Å². The predicted molar refractivity (Wildman–Crippen MR) is 59.9 cm³/mol. The molecule has 0 bridgehead atoms. The number of carbonyl (C=O) groups is 3. The van der Waals surface area contributed by atoms with Crippen LogP contribution in [-0.4, -0.2) is 22.7 Å². The number of aryl methyl sites for hydroxylation is 1. The molecule has 1 atom stereocenters. The number of hydrogen-bond acceptors (Lipinski definition) is 3. The van der Waals surface area contributed by atoms with Gasteiger partial charge >= 0.3 is 17.8 Å². The maximum Gasteiger partial charge on any atom is 0.332 e. The molecule has 4 amide bonds. The SMILES string of the molecule is Cc1ccc(C(C)N2C(=O)NC(=O)C2=O)cc1F. The fourth-order valence-corrected chi connectivity index (χ4v) is 1.78. The first-order valence-electron chi connectivity index (χ1n) is 5.36. The minimum absolute atomic E-state index is 0.419. The summed E-state index contributed by atoms with van der Waals surface area (Å²) in [6, 6.07) is 2.95. The van der Waals surface area contributed by atoms with E-state index in [0.29, 0.717) is 11.1 Å². The van der Waals surface area contributed by atoms with E-state index in [1.165, 1.54) is 6.07 Å². The highest BCUT2D eigenvalue weighted by atomic mass is 19.1. The van der Waals surface area contributed by atoms with Crippen LogP contribution in [0.2, 0.25) is 0 Å². The van der Waals surface area contributed by atoms with E-state index in [-0.39, 0.29) is 0 Å². The molecule has 0 aliphatic carbocycles. The summed E-state index contributed by atoms with van der Waals surface area (Å²) in [5.74, 6) is -2.30. The Hall–Kier alpha value is -2.24. The van der Waals surface area contributed by atoms with Crippen LogP contribution >= 0.6 is 0 Å². The fraction of sp³-hybridized carbons (Fsp3) is 0.250. The van der Waals surface area contributed by atoms with Crippen LogP contribution in [0.4, 0.5) is 9.18 Å². The van der Waals surface area contributed by atoms with Gasteiger partial charge in [0, 0.05) is 0 Å². The second-order valence-corrected chi connectivity index (χ2v) is 4.12. The van der Waals surface area contributed by atoms with Crippen molar-refractivity contribution in [2.75, 3.05) is 0 Å². The Morgan fingerprint density at radius 1 is 1.28 bits per heavy atom. The topological polar surface area (TPSA) is 66.5 Å². The second kappa shape index (κ2) is 4.21. The van der Waals surface area contributed by atoms with Crippen LogP contribution in [0.15, 0.2) is 18.2 Å². The molecule has 1 unspecified atom stereocenters. The van der Waals surface area contributed by atoms with Gasteiger partial charge in [-0.05, 0) is 31.0 Å². The summed E-state index contributed by atoms with van der Waals surface area (Å²) in [6.45, 7) is 3.17. The number of hydrogen-bond donors (Lipinski definition) is 1. The number of benzene rings is 1. The molecule has 94 valence electrons. The monoisotopic (exact) mass is 250 g/mol. The molecule has 1 fully saturated rings. The number of rotatable bonds is 2. The summed E-state index contributed by atoms with van der Waals surface area (Å²) in [7, 11) is 0. The van der Waals surface area contributed by atoms with Crippen LogP contribution in [0.25, 0.3) is 0 Å². The molecule has 0 saturated carbocycles. The average Bonchev–Trinajstić information content (AvgIpc) is 2.56. The van der Waals surface area contributed by atoms with Crippen molar-refractivity contribution in [1.82, 2.24) is 10.2 Å². The van der Waals surface area contributed by atoms with Gasteiger partial charge in [0.05, 0.1) is 6.04 Å². The summed E-state index contributed by atoms with van der Waals surface area (Å²) >= 11 is 0. The fourth-order valence-electron chi connectivity index (χ4n) is 1.78.